The van der Waals surface area contributed by atoms with Crippen molar-refractivity contribution in [3.8, 4) is 5.75 Å². The molecule has 0 amide bonds. The maximum Gasteiger partial charge on any atom is 0.330 e. The summed E-state index contributed by atoms with van der Waals surface area (Å²) < 4.78 is 4.63. The Kier molecular flexibility index (Phi) is 4.03. The highest BCUT2D eigenvalue weighted by Crippen LogP contribution is 2.38. The minimum absolute atomic E-state index is 0.272. The summed E-state index contributed by atoms with van der Waals surface area (Å²) in [6, 6.07) is 7.50. The van der Waals surface area contributed by atoms with Gasteiger partial charge in [0.05, 0.1) is 7.11 Å². The molecular formula is C15H18O3. The van der Waals surface area contributed by atoms with Crippen LogP contribution in [0.3, 0.4) is 0 Å². The van der Waals surface area contributed by atoms with Gasteiger partial charge in [-0.15, -0.1) is 0 Å². The Morgan fingerprint density at radius 2 is 2.00 bits per heavy atom. The minimum atomic E-state index is -0.272. The molecule has 2 rings (SSSR count). The average molecular weight is 246 g/mol. The van der Waals surface area contributed by atoms with E-state index in [1.165, 1.54) is 7.11 Å². The first kappa shape index (κ1) is 12.7. The number of ether oxygens (including phenoxy) is 1. The maximum atomic E-state index is 11.1. The summed E-state index contributed by atoms with van der Waals surface area (Å²) >= 11 is 0. The normalized spacial score (nSPS) is 19.4. The lowest BCUT2D eigenvalue weighted by Crippen LogP contribution is -2.08. The number of carbonyl (C=O) groups is 1. The third-order valence-corrected chi connectivity index (χ3v) is 3.53. The molecule has 0 spiro atoms. The third-order valence-electron chi connectivity index (χ3n) is 3.53. The predicted octanol–water partition coefficient (Wildman–Crippen LogP) is 3.15. The smallest absolute Gasteiger partial charge is 0.330 e. The molecule has 1 saturated carbocycles. The van der Waals surface area contributed by atoms with E-state index in [4.69, 9.17) is 0 Å². The summed E-state index contributed by atoms with van der Waals surface area (Å²) in [5.41, 5.74) is 2.17. The molecule has 0 aliphatic heterocycles. The van der Waals surface area contributed by atoms with Crippen molar-refractivity contribution in [2.24, 2.45) is 0 Å². The second kappa shape index (κ2) is 5.71. The molecule has 1 aromatic rings. The van der Waals surface area contributed by atoms with Crippen molar-refractivity contribution in [2.75, 3.05) is 7.11 Å². The van der Waals surface area contributed by atoms with Gasteiger partial charge in [0.2, 0.25) is 0 Å². The molecular weight excluding hydrogens is 228 g/mol. The molecule has 0 aromatic heterocycles. The Hall–Kier alpha value is -1.77. The fourth-order valence-corrected chi connectivity index (χ4v) is 2.50. The molecule has 0 atom stereocenters. The van der Waals surface area contributed by atoms with Crippen molar-refractivity contribution in [1.82, 2.24) is 0 Å². The van der Waals surface area contributed by atoms with Crippen molar-refractivity contribution in [3.05, 3.63) is 41.5 Å². The highest BCUT2D eigenvalue weighted by Gasteiger charge is 2.20. The summed E-state index contributed by atoms with van der Waals surface area (Å²) in [6.45, 7) is 0. The summed E-state index contributed by atoms with van der Waals surface area (Å²) in [4.78, 5) is 11.1. The number of hydrogen-bond donors (Lipinski definition) is 1. The number of aromatic hydroxyl groups is 1. The zero-order chi connectivity index (χ0) is 13.0. The SMILES string of the molecule is COC(=O)C=C1CCC(c2ccccc2O)CC1. The van der Waals surface area contributed by atoms with Crippen LogP contribution in [0.4, 0.5) is 0 Å². The van der Waals surface area contributed by atoms with Gasteiger partial charge in [-0.05, 0) is 43.2 Å². The van der Waals surface area contributed by atoms with Gasteiger partial charge in [-0.3, -0.25) is 0 Å². The van der Waals surface area contributed by atoms with Gasteiger partial charge in [0.1, 0.15) is 5.75 Å². The van der Waals surface area contributed by atoms with Crippen LogP contribution in [0.5, 0.6) is 5.75 Å². The van der Waals surface area contributed by atoms with Crippen LogP contribution < -0.4 is 0 Å². The second-order valence-electron chi connectivity index (χ2n) is 4.66. The molecule has 96 valence electrons. The summed E-state index contributed by atoms with van der Waals surface area (Å²) in [5.74, 6) is 0.495. The zero-order valence-corrected chi connectivity index (χ0v) is 10.6. The van der Waals surface area contributed by atoms with Crippen LogP contribution in [0.1, 0.15) is 37.2 Å². The topological polar surface area (TPSA) is 46.5 Å². The van der Waals surface area contributed by atoms with Crippen LogP contribution >= 0.6 is 0 Å². The number of methoxy groups -OCH3 is 1. The molecule has 3 heteroatoms. The molecule has 0 radical (unpaired) electrons. The number of benzene rings is 1. The van der Waals surface area contributed by atoms with Crippen LogP contribution in [0, 0.1) is 0 Å². The fraction of sp³-hybridized carbons (Fsp3) is 0.400. The van der Waals surface area contributed by atoms with Gasteiger partial charge in [0, 0.05) is 6.08 Å². The molecule has 1 aliphatic rings. The molecule has 1 N–H and O–H groups in total. The van der Waals surface area contributed by atoms with Gasteiger partial charge < -0.3 is 9.84 Å². The standard InChI is InChI=1S/C15H18O3/c1-18-15(17)10-11-6-8-12(9-7-11)13-4-2-3-5-14(13)16/h2-5,10,12,16H,6-9H2,1H3. The van der Waals surface area contributed by atoms with E-state index in [2.05, 4.69) is 4.74 Å². The number of rotatable bonds is 2. The minimum Gasteiger partial charge on any atom is -0.508 e. The van der Waals surface area contributed by atoms with Crippen molar-refractivity contribution < 1.29 is 14.6 Å². The summed E-state index contributed by atoms with van der Waals surface area (Å²) in [6.07, 6.45) is 5.34. The van der Waals surface area contributed by atoms with Gasteiger partial charge in [0.15, 0.2) is 0 Å². The maximum absolute atomic E-state index is 11.1. The first-order valence-electron chi connectivity index (χ1n) is 6.26. The molecule has 1 fully saturated rings. The van der Waals surface area contributed by atoms with Crippen molar-refractivity contribution >= 4 is 5.97 Å². The molecule has 0 bridgehead atoms. The zero-order valence-electron chi connectivity index (χ0n) is 10.6. The highest BCUT2D eigenvalue weighted by atomic mass is 16.5. The second-order valence-corrected chi connectivity index (χ2v) is 4.66. The Labute approximate surface area is 107 Å². The van der Waals surface area contributed by atoms with Crippen LogP contribution in [0.2, 0.25) is 0 Å². The largest absolute Gasteiger partial charge is 0.508 e. The summed E-state index contributed by atoms with van der Waals surface area (Å²) in [5, 5.41) is 9.82. The summed E-state index contributed by atoms with van der Waals surface area (Å²) in [7, 11) is 1.40. The van der Waals surface area contributed by atoms with E-state index >= 15 is 0 Å². The van der Waals surface area contributed by atoms with Crippen molar-refractivity contribution in [2.45, 2.75) is 31.6 Å². The molecule has 1 aliphatic carbocycles. The Morgan fingerprint density at radius 3 is 2.61 bits per heavy atom. The van der Waals surface area contributed by atoms with Gasteiger partial charge in [-0.2, -0.15) is 0 Å². The van der Waals surface area contributed by atoms with Crippen LogP contribution in [0.15, 0.2) is 35.9 Å². The first-order valence-corrected chi connectivity index (χ1v) is 6.26. The third kappa shape index (κ3) is 2.92. The Balaban J connectivity index is 2.01. The lowest BCUT2D eigenvalue weighted by atomic mass is 9.81. The lowest BCUT2D eigenvalue weighted by molar-refractivity contribution is -0.134. The monoisotopic (exact) mass is 246 g/mol. The Morgan fingerprint density at radius 1 is 1.33 bits per heavy atom. The van der Waals surface area contributed by atoms with Gasteiger partial charge >= 0.3 is 5.97 Å². The van der Waals surface area contributed by atoms with E-state index in [9.17, 15) is 9.90 Å². The number of hydrogen-bond acceptors (Lipinski definition) is 3. The van der Waals surface area contributed by atoms with E-state index in [0.29, 0.717) is 11.7 Å². The van der Waals surface area contributed by atoms with E-state index in [-0.39, 0.29) is 5.97 Å². The van der Waals surface area contributed by atoms with Crippen LogP contribution in [-0.4, -0.2) is 18.2 Å². The quantitative estimate of drug-likeness (QED) is 0.644. The van der Waals surface area contributed by atoms with E-state index in [0.717, 1.165) is 36.8 Å². The van der Waals surface area contributed by atoms with E-state index in [1.807, 2.05) is 18.2 Å². The highest BCUT2D eigenvalue weighted by molar-refractivity contribution is 5.82. The number of phenolic OH excluding ortho intramolecular Hbond substituents is 1. The van der Waals surface area contributed by atoms with Crippen molar-refractivity contribution in [1.29, 1.82) is 0 Å². The number of esters is 1. The van der Waals surface area contributed by atoms with Crippen LogP contribution in [-0.2, 0) is 9.53 Å². The predicted molar refractivity (Wildman–Crippen MR) is 69.4 cm³/mol. The van der Waals surface area contributed by atoms with E-state index in [1.54, 1.807) is 12.1 Å². The molecule has 1 aromatic carbocycles. The number of para-hydroxylation sites is 1. The number of phenols is 1. The molecule has 3 nitrogen and oxygen atoms in total. The number of carbonyl (C=O) groups excluding carboxylic acids is 1. The first-order chi connectivity index (χ1) is 8.70. The van der Waals surface area contributed by atoms with Crippen molar-refractivity contribution in [3.63, 3.8) is 0 Å². The van der Waals surface area contributed by atoms with Crippen LogP contribution in [0.25, 0.3) is 0 Å². The molecule has 18 heavy (non-hydrogen) atoms. The molecule has 0 saturated heterocycles. The average Bonchev–Trinajstić information content (AvgIpc) is 2.40. The van der Waals surface area contributed by atoms with Gasteiger partial charge in [-0.25, -0.2) is 4.79 Å². The lowest BCUT2D eigenvalue weighted by Gasteiger charge is -2.24. The molecule has 0 unspecified atom stereocenters. The van der Waals surface area contributed by atoms with E-state index < -0.39 is 0 Å². The van der Waals surface area contributed by atoms with Gasteiger partial charge in [0.25, 0.3) is 0 Å². The fourth-order valence-electron chi connectivity index (χ4n) is 2.50. The molecule has 0 heterocycles. The van der Waals surface area contributed by atoms with Gasteiger partial charge in [-0.1, -0.05) is 23.8 Å². The number of allylic oxidation sites excluding steroid dienone is 1. The Bertz CT molecular complexity index is 453.